The Labute approximate surface area is 198 Å². The second-order valence-corrected chi connectivity index (χ2v) is 8.35. The molecule has 0 aliphatic carbocycles. The van der Waals surface area contributed by atoms with Gasteiger partial charge < -0.3 is 23.9 Å². The molecule has 1 atom stereocenters. The number of rotatable bonds is 4. The van der Waals surface area contributed by atoms with Gasteiger partial charge in [-0.25, -0.2) is 0 Å². The van der Waals surface area contributed by atoms with Gasteiger partial charge in [0.15, 0.2) is 11.5 Å². The Hall–Kier alpha value is -3.42. The van der Waals surface area contributed by atoms with Gasteiger partial charge in [-0.3, -0.25) is 9.59 Å². The molecule has 1 N–H and O–H groups in total. The Morgan fingerprint density at radius 3 is 2.52 bits per heavy atom. The molecule has 0 radical (unpaired) electrons. The van der Waals surface area contributed by atoms with Crippen LogP contribution < -0.4 is 9.47 Å². The highest BCUT2D eigenvalue weighted by molar-refractivity contribution is 6.46. The minimum absolute atomic E-state index is 0.0282. The number of furan rings is 1. The maximum Gasteiger partial charge on any atom is 0.296 e. The van der Waals surface area contributed by atoms with Crippen LogP contribution in [0.25, 0.3) is 5.76 Å². The quantitative estimate of drug-likeness (QED) is 0.318. The van der Waals surface area contributed by atoms with Crippen LogP contribution in [0.2, 0.25) is 10.0 Å². The summed E-state index contributed by atoms with van der Waals surface area (Å²) in [5.74, 6) is -0.436. The molecular formula is C24H17Cl2NO6. The van der Waals surface area contributed by atoms with E-state index in [4.69, 9.17) is 37.1 Å². The van der Waals surface area contributed by atoms with E-state index in [1.54, 1.807) is 48.5 Å². The molecule has 33 heavy (non-hydrogen) atoms. The topological polar surface area (TPSA) is 89.2 Å². The number of aliphatic hydroxyl groups is 1. The molecule has 5 rings (SSSR count). The van der Waals surface area contributed by atoms with Crippen molar-refractivity contribution in [1.82, 2.24) is 4.90 Å². The Kier molecular flexibility index (Phi) is 5.52. The van der Waals surface area contributed by atoms with Crippen molar-refractivity contribution < 1.29 is 28.6 Å². The fourth-order valence-electron chi connectivity index (χ4n) is 3.99. The van der Waals surface area contributed by atoms with Crippen LogP contribution in [0, 0.1) is 0 Å². The Morgan fingerprint density at radius 1 is 1.00 bits per heavy atom. The van der Waals surface area contributed by atoms with Gasteiger partial charge in [0.25, 0.3) is 11.7 Å². The molecule has 0 saturated carbocycles. The third-order valence-electron chi connectivity index (χ3n) is 5.52. The van der Waals surface area contributed by atoms with Crippen molar-refractivity contribution in [3.05, 3.63) is 87.3 Å². The van der Waals surface area contributed by atoms with Crippen molar-refractivity contribution in [2.45, 2.75) is 12.6 Å². The van der Waals surface area contributed by atoms with E-state index < -0.39 is 17.7 Å². The molecule has 7 nitrogen and oxygen atoms in total. The molecule has 0 unspecified atom stereocenters. The van der Waals surface area contributed by atoms with E-state index in [1.165, 1.54) is 11.2 Å². The van der Waals surface area contributed by atoms with Crippen LogP contribution in [0.3, 0.4) is 0 Å². The molecule has 0 spiro atoms. The molecule has 3 aromatic rings. The van der Waals surface area contributed by atoms with E-state index in [0.717, 1.165) is 0 Å². The number of nitrogens with zero attached hydrogens (tertiary/aromatic N) is 1. The average molecular weight is 486 g/mol. The van der Waals surface area contributed by atoms with Crippen molar-refractivity contribution in [1.29, 1.82) is 0 Å². The maximum atomic E-state index is 13.1. The molecule has 168 valence electrons. The molecule has 2 aromatic carbocycles. The molecule has 0 bridgehead atoms. The minimum Gasteiger partial charge on any atom is -0.507 e. The van der Waals surface area contributed by atoms with Gasteiger partial charge in [0.05, 0.1) is 34.5 Å². The number of ketones is 1. The maximum absolute atomic E-state index is 13.1. The number of carbonyl (C=O) groups excluding carboxylic acids is 2. The third kappa shape index (κ3) is 3.83. The molecule has 2 aliphatic heterocycles. The van der Waals surface area contributed by atoms with Crippen molar-refractivity contribution in [2.24, 2.45) is 0 Å². The first-order valence-corrected chi connectivity index (χ1v) is 10.9. The van der Waals surface area contributed by atoms with Gasteiger partial charge in [0, 0.05) is 5.56 Å². The SMILES string of the molecule is O=C1C(=O)N(Cc2ccco2)[C@H](c2ccc(Cl)c(Cl)c2)C1=C(O)c1ccc2c(c1)OCCO2. The molecule has 9 heteroatoms. The van der Waals surface area contributed by atoms with Crippen molar-refractivity contribution >= 4 is 40.7 Å². The van der Waals surface area contributed by atoms with E-state index in [9.17, 15) is 14.7 Å². The number of fused-ring (bicyclic) bond motifs is 1. The summed E-state index contributed by atoms with van der Waals surface area (Å²) in [4.78, 5) is 27.5. The first-order valence-electron chi connectivity index (χ1n) is 10.1. The summed E-state index contributed by atoms with van der Waals surface area (Å²) in [5, 5.41) is 11.8. The average Bonchev–Trinajstić information content (AvgIpc) is 3.42. The molecular weight excluding hydrogens is 469 g/mol. The van der Waals surface area contributed by atoms with Gasteiger partial charge in [-0.15, -0.1) is 0 Å². The summed E-state index contributed by atoms with van der Waals surface area (Å²) in [6, 6.07) is 12.1. The summed E-state index contributed by atoms with van der Waals surface area (Å²) < 4.78 is 16.5. The summed E-state index contributed by atoms with van der Waals surface area (Å²) in [7, 11) is 0. The fraction of sp³-hybridized carbons (Fsp3) is 0.167. The standard InChI is InChI=1S/C24H17Cl2NO6/c25-16-5-3-13(10-17(16)26)21-20(23(29)24(30)27(21)12-15-2-1-7-31-15)22(28)14-4-6-18-19(11-14)33-9-8-32-18/h1-7,10-11,21,28H,8-9,12H2/t21-/m1/s1. The van der Waals surface area contributed by atoms with Crippen molar-refractivity contribution in [3.63, 3.8) is 0 Å². The second-order valence-electron chi connectivity index (χ2n) is 7.54. The lowest BCUT2D eigenvalue weighted by Crippen LogP contribution is -2.29. The van der Waals surface area contributed by atoms with Crippen LogP contribution in [-0.2, 0) is 16.1 Å². The van der Waals surface area contributed by atoms with E-state index in [1.807, 2.05) is 0 Å². The summed E-state index contributed by atoms with van der Waals surface area (Å²) in [5.41, 5.74) is 0.774. The first kappa shape index (κ1) is 21.4. The lowest BCUT2D eigenvalue weighted by atomic mass is 9.95. The molecule has 1 aromatic heterocycles. The number of ether oxygens (including phenoxy) is 2. The van der Waals surface area contributed by atoms with E-state index in [2.05, 4.69) is 0 Å². The zero-order valence-corrected chi connectivity index (χ0v) is 18.6. The van der Waals surface area contributed by atoms with E-state index >= 15 is 0 Å². The van der Waals surface area contributed by atoms with Crippen LogP contribution in [0.1, 0.15) is 22.9 Å². The Morgan fingerprint density at radius 2 is 1.79 bits per heavy atom. The summed E-state index contributed by atoms with van der Waals surface area (Å²) in [6.07, 6.45) is 1.48. The number of likely N-dealkylation sites (tertiary alicyclic amines) is 1. The molecule has 1 amide bonds. The molecule has 2 aliphatic rings. The minimum atomic E-state index is -0.905. The zero-order chi connectivity index (χ0) is 23.1. The second kappa shape index (κ2) is 8.50. The third-order valence-corrected chi connectivity index (χ3v) is 6.26. The number of hydrogen-bond acceptors (Lipinski definition) is 6. The van der Waals surface area contributed by atoms with Crippen LogP contribution in [-0.4, -0.2) is 34.9 Å². The van der Waals surface area contributed by atoms with Crippen LogP contribution in [0.15, 0.2) is 64.8 Å². The van der Waals surface area contributed by atoms with Crippen LogP contribution >= 0.6 is 23.2 Å². The monoisotopic (exact) mass is 485 g/mol. The van der Waals surface area contributed by atoms with Gasteiger partial charge in [0.2, 0.25) is 0 Å². The fourth-order valence-corrected chi connectivity index (χ4v) is 4.30. The number of benzene rings is 2. The number of Topliss-reactive ketones (excluding diaryl/α,β-unsaturated/α-hetero) is 1. The molecule has 3 heterocycles. The van der Waals surface area contributed by atoms with Gasteiger partial charge >= 0.3 is 0 Å². The smallest absolute Gasteiger partial charge is 0.296 e. The normalized spacial score (nSPS) is 19.2. The largest absolute Gasteiger partial charge is 0.507 e. The van der Waals surface area contributed by atoms with E-state index in [0.29, 0.717) is 46.6 Å². The van der Waals surface area contributed by atoms with Gasteiger partial charge in [-0.2, -0.15) is 0 Å². The number of aliphatic hydroxyl groups excluding tert-OH is 1. The summed E-state index contributed by atoms with van der Waals surface area (Å²) >= 11 is 12.3. The van der Waals surface area contributed by atoms with Gasteiger partial charge in [-0.1, -0.05) is 29.3 Å². The highest BCUT2D eigenvalue weighted by atomic mass is 35.5. The van der Waals surface area contributed by atoms with E-state index in [-0.39, 0.29) is 22.9 Å². The number of hydrogen-bond donors (Lipinski definition) is 1. The van der Waals surface area contributed by atoms with Crippen molar-refractivity contribution in [2.75, 3.05) is 13.2 Å². The highest BCUT2D eigenvalue weighted by Gasteiger charge is 2.46. The lowest BCUT2D eigenvalue weighted by molar-refractivity contribution is -0.140. The van der Waals surface area contributed by atoms with Crippen LogP contribution in [0.5, 0.6) is 11.5 Å². The predicted octanol–water partition coefficient (Wildman–Crippen LogP) is 4.98. The van der Waals surface area contributed by atoms with Crippen LogP contribution in [0.4, 0.5) is 0 Å². The Bertz CT molecular complexity index is 1280. The molecule has 1 saturated heterocycles. The van der Waals surface area contributed by atoms with Gasteiger partial charge in [0.1, 0.15) is 24.7 Å². The van der Waals surface area contributed by atoms with Gasteiger partial charge in [-0.05, 0) is 48.0 Å². The first-order chi connectivity index (χ1) is 15.9. The molecule has 1 fully saturated rings. The number of amides is 1. The highest BCUT2D eigenvalue weighted by Crippen LogP contribution is 2.42. The predicted molar refractivity (Wildman–Crippen MR) is 120 cm³/mol. The number of halogens is 2. The number of carbonyl (C=O) groups is 2. The zero-order valence-electron chi connectivity index (χ0n) is 17.1. The Balaban J connectivity index is 1.65. The summed E-state index contributed by atoms with van der Waals surface area (Å²) in [6.45, 7) is 0.821. The lowest BCUT2D eigenvalue weighted by Gasteiger charge is -2.25. The van der Waals surface area contributed by atoms with Crippen molar-refractivity contribution in [3.8, 4) is 11.5 Å².